The zero-order chi connectivity index (χ0) is 16.9. The molecule has 1 unspecified atom stereocenters. The number of hydrogen-bond donors (Lipinski definition) is 1. The van der Waals surface area contributed by atoms with E-state index in [-0.39, 0.29) is 12.1 Å². The van der Waals surface area contributed by atoms with E-state index in [4.69, 9.17) is 0 Å². The quantitative estimate of drug-likeness (QED) is 0.485. The van der Waals surface area contributed by atoms with E-state index in [1.54, 1.807) is 6.92 Å². The summed E-state index contributed by atoms with van der Waals surface area (Å²) in [4.78, 5) is 33.2. The second-order valence-corrected chi connectivity index (χ2v) is 4.23. The Morgan fingerprint density at radius 2 is 2.00 bits per heavy atom. The number of esters is 2. The average Bonchev–Trinajstić information content (AvgIpc) is 2.50. The lowest BCUT2D eigenvalue weighted by Crippen LogP contribution is -2.30. The molecule has 0 saturated heterocycles. The van der Waals surface area contributed by atoms with Crippen LogP contribution in [0.2, 0.25) is 0 Å². The van der Waals surface area contributed by atoms with Gasteiger partial charge in [0.25, 0.3) is 5.69 Å². The predicted molar refractivity (Wildman–Crippen MR) is 74.1 cm³/mol. The van der Waals surface area contributed by atoms with Crippen molar-refractivity contribution in [1.29, 1.82) is 0 Å². The summed E-state index contributed by atoms with van der Waals surface area (Å²) in [6.07, 6.45) is 0.268. The Hall–Kier alpha value is -2.71. The molecule has 1 aromatic carbocycles. The van der Waals surface area contributed by atoms with E-state index >= 15 is 0 Å². The first kappa shape index (κ1) is 17.3. The van der Waals surface area contributed by atoms with E-state index in [0.717, 1.165) is 19.2 Å². The number of carbonyl (C=O) groups is 2. The minimum atomic E-state index is -1.04. The molecule has 9 heteroatoms. The van der Waals surface area contributed by atoms with Crippen molar-refractivity contribution in [1.82, 2.24) is 0 Å². The number of methoxy groups -OCH3 is 2. The number of carbonyl (C=O) groups excluding carboxylic acids is 2. The van der Waals surface area contributed by atoms with Crippen molar-refractivity contribution in [3.63, 3.8) is 0 Å². The molecule has 1 rings (SSSR count). The monoisotopic (exact) mass is 314 g/mol. The molecular weight excluding hydrogens is 299 g/mol. The van der Waals surface area contributed by atoms with Crippen LogP contribution in [0.1, 0.15) is 23.7 Å². The number of anilines is 1. The highest BCUT2D eigenvalue weighted by atomic mass is 19.1. The Morgan fingerprint density at radius 1 is 1.36 bits per heavy atom. The standard InChI is InChI=1S/C13H15FN2O6/c1-4-9(13(18)22-3)15-10-6-8(14)7(12(17)21-2)5-11(10)16(19)20/h5-6,9,15H,4H2,1-3H3. The molecule has 1 aromatic rings. The molecule has 0 heterocycles. The molecule has 0 saturated carbocycles. The lowest BCUT2D eigenvalue weighted by Gasteiger charge is -2.16. The van der Waals surface area contributed by atoms with E-state index in [2.05, 4.69) is 14.8 Å². The van der Waals surface area contributed by atoms with Gasteiger partial charge in [0.05, 0.1) is 19.1 Å². The van der Waals surface area contributed by atoms with Crippen LogP contribution in [0.15, 0.2) is 12.1 Å². The van der Waals surface area contributed by atoms with E-state index < -0.39 is 40.0 Å². The minimum absolute atomic E-state index is 0.229. The van der Waals surface area contributed by atoms with Crippen LogP contribution in [0.4, 0.5) is 15.8 Å². The van der Waals surface area contributed by atoms with Crippen LogP contribution in [-0.2, 0) is 14.3 Å². The van der Waals surface area contributed by atoms with Crippen LogP contribution in [0.5, 0.6) is 0 Å². The molecule has 0 bridgehead atoms. The van der Waals surface area contributed by atoms with Gasteiger partial charge in [0.15, 0.2) is 0 Å². The largest absolute Gasteiger partial charge is 0.467 e. The summed E-state index contributed by atoms with van der Waals surface area (Å²) in [6, 6.07) is 0.649. The van der Waals surface area contributed by atoms with Crippen LogP contribution in [0.25, 0.3) is 0 Å². The summed E-state index contributed by atoms with van der Waals surface area (Å²) in [7, 11) is 2.20. The Balaban J connectivity index is 3.29. The highest BCUT2D eigenvalue weighted by molar-refractivity contribution is 5.92. The number of ether oxygens (including phenoxy) is 2. The van der Waals surface area contributed by atoms with Gasteiger partial charge in [-0.1, -0.05) is 6.92 Å². The molecule has 0 amide bonds. The number of nitrogens with one attached hydrogen (secondary N) is 1. The number of nitro groups is 1. The molecular formula is C13H15FN2O6. The summed E-state index contributed by atoms with van der Waals surface area (Å²) >= 11 is 0. The van der Waals surface area contributed by atoms with E-state index in [0.29, 0.717) is 0 Å². The van der Waals surface area contributed by atoms with Crippen LogP contribution < -0.4 is 5.32 Å². The summed E-state index contributed by atoms with van der Waals surface area (Å²) in [6.45, 7) is 1.65. The van der Waals surface area contributed by atoms with Gasteiger partial charge in [0.2, 0.25) is 0 Å². The first-order chi connectivity index (χ1) is 10.3. The molecule has 8 nitrogen and oxygen atoms in total. The third-order valence-corrected chi connectivity index (χ3v) is 2.91. The molecule has 22 heavy (non-hydrogen) atoms. The highest BCUT2D eigenvalue weighted by Crippen LogP contribution is 2.29. The third kappa shape index (κ3) is 3.68. The Bertz CT molecular complexity index is 604. The van der Waals surface area contributed by atoms with Gasteiger partial charge in [-0.2, -0.15) is 0 Å². The minimum Gasteiger partial charge on any atom is -0.467 e. The molecule has 0 aliphatic rings. The molecule has 0 spiro atoms. The average molecular weight is 314 g/mol. The SMILES string of the molecule is CCC(Nc1cc(F)c(C(=O)OC)cc1[N+](=O)[O-])C(=O)OC. The van der Waals surface area contributed by atoms with Gasteiger partial charge >= 0.3 is 11.9 Å². The summed E-state index contributed by atoms with van der Waals surface area (Å²) < 4.78 is 22.8. The van der Waals surface area contributed by atoms with Gasteiger partial charge in [-0.15, -0.1) is 0 Å². The topological polar surface area (TPSA) is 108 Å². The van der Waals surface area contributed by atoms with Crippen LogP contribution in [0, 0.1) is 15.9 Å². The maximum Gasteiger partial charge on any atom is 0.341 e. The first-order valence-corrected chi connectivity index (χ1v) is 6.26. The van der Waals surface area contributed by atoms with Gasteiger partial charge in [-0.3, -0.25) is 10.1 Å². The van der Waals surface area contributed by atoms with Crippen LogP contribution in [0.3, 0.4) is 0 Å². The van der Waals surface area contributed by atoms with Crippen LogP contribution >= 0.6 is 0 Å². The smallest absolute Gasteiger partial charge is 0.341 e. The van der Waals surface area contributed by atoms with Crippen molar-refractivity contribution in [2.75, 3.05) is 19.5 Å². The van der Waals surface area contributed by atoms with E-state index in [9.17, 15) is 24.1 Å². The second-order valence-electron chi connectivity index (χ2n) is 4.23. The van der Waals surface area contributed by atoms with Crippen molar-refractivity contribution in [2.24, 2.45) is 0 Å². The van der Waals surface area contributed by atoms with Crippen molar-refractivity contribution in [3.05, 3.63) is 33.6 Å². The number of nitrogens with zero attached hydrogens (tertiary/aromatic N) is 1. The molecule has 0 fully saturated rings. The summed E-state index contributed by atoms with van der Waals surface area (Å²) in [5.74, 6) is -2.68. The van der Waals surface area contributed by atoms with Gasteiger partial charge in [0.1, 0.15) is 23.1 Å². The summed E-state index contributed by atoms with van der Waals surface area (Å²) in [5.41, 5.74) is -1.34. The maximum absolute atomic E-state index is 13.9. The van der Waals surface area contributed by atoms with Gasteiger partial charge in [-0.25, -0.2) is 14.0 Å². The molecule has 0 aliphatic heterocycles. The lowest BCUT2D eigenvalue weighted by molar-refractivity contribution is -0.384. The predicted octanol–water partition coefficient (Wildman–Crippen LogP) is 1.88. The lowest BCUT2D eigenvalue weighted by atomic mass is 10.1. The first-order valence-electron chi connectivity index (χ1n) is 6.26. The molecule has 1 N–H and O–H groups in total. The Kier molecular flexibility index (Phi) is 5.79. The van der Waals surface area contributed by atoms with E-state index in [1.807, 2.05) is 0 Å². The normalized spacial score (nSPS) is 11.5. The number of benzene rings is 1. The number of hydrogen-bond acceptors (Lipinski definition) is 7. The van der Waals surface area contributed by atoms with Crippen LogP contribution in [-0.4, -0.2) is 37.1 Å². The zero-order valence-electron chi connectivity index (χ0n) is 12.2. The van der Waals surface area contributed by atoms with Gasteiger partial charge < -0.3 is 14.8 Å². The highest BCUT2D eigenvalue weighted by Gasteiger charge is 2.26. The molecule has 0 aromatic heterocycles. The number of nitro benzene ring substituents is 1. The molecule has 120 valence electrons. The van der Waals surface area contributed by atoms with Crippen molar-refractivity contribution >= 4 is 23.3 Å². The second kappa shape index (κ2) is 7.34. The summed E-state index contributed by atoms with van der Waals surface area (Å²) in [5, 5.41) is 13.6. The number of rotatable bonds is 6. The fourth-order valence-electron chi connectivity index (χ4n) is 1.75. The zero-order valence-corrected chi connectivity index (χ0v) is 12.2. The Morgan fingerprint density at radius 3 is 2.45 bits per heavy atom. The molecule has 1 atom stereocenters. The van der Waals surface area contributed by atoms with Crippen molar-refractivity contribution < 1.29 is 28.4 Å². The Labute approximate surface area is 125 Å². The number of halogens is 1. The van der Waals surface area contributed by atoms with Gasteiger partial charge in [0, 0.05) is 12.1 Å². The third-order valence-electron chi connectivity index (χ3n) is 2.91. The fraction of sp³-hybridized carbons (Fsp3) is 0.385. The van der Waals surface area contributed by atoms with Gasteiger partial charge in [-0.05, 0) is 6.42 Å². The maximum atomic E-state index is 13.9. The molecule has 0 radical (unpaired) electrons. The van der Waals surface area contributed by atoms with Crippen molar-refractivity contribution in [3.8, 4) is 0 Å². The fourth-order valence-corrected chi connectivity index (χ4v) is 1.75. The van der Waals surface area contributed by atoms with Crippen molar-refractivity contribution in [2.45, 2.75) is 19.4 Å². The van der Waals surface area contributed by atoms with E-state index in [1.165, 1.54) is 7.11 Å². The molecule has 0 aliphatic carbocycles.